The number of nitrogens with two attached hydrogens (primary N) is 1. The number of Topliss-reactive ketones (excluding diaryl/α,β-unsaturated/α-hetero) is 1. The van der Waals surface area contributed by atoms with E-state index in [4.69, 9.17) is 10.5 Å². The lowest BCUT2D eigenvalue weighted by atomic mass is 10.0. The number of aromatic nitrogens is 2. The number of carbonyl (C=O) groups excluding carboxylic acids is 3. The maximum absolute atomic E-state index is 15.1. The summed E-state index contributed by atoms with van der Waals surface area (Å²) in [5, 5.41) is 6.86. The number of hydrogen-bond acceptors (Lipinski definition) is 6. The monoisotopic (exact) mass is 569 g/mol. The van der Waals surface area contributed by atoms with E-state index in [1.54, 1.807) is 43.3 Å². The van der Waals surface area contributed by atoms with Gasteiger partial charge in [-0.05, 0) is 86.0 Å². The Morgan fingerprint density at radius 2 is 1.81 bits per heavy atom. The summed E-state index contributed by atoms with van der Waals surface area (Å²) in [5.41, 5.74) is 7.93. The molecule has 3 aromatic carbocycles. The van der Waals surface area contributed by atoms with Crippen molar-refractivity contribution in [2.45, 2.75) is 32.7 Å². The van der Waals surface area contributed by atoms with Crippen LogP contribution in [0.5, 0.6) is 11.5 Å². The van der Waals surface area contributed by atoms with Crippen LogP contribution in [0, 0.1) is 18.6 Å². The van der Waals surface area contributed by atoms with E-state index in [9.17, 15) is 18.8 Å². The van der Waals surface area contributed by atoms with Gasteiger partial charge in [0.15, 0.2) is 17.3 Å². The highest BCUT2D eigenvalue weighted by Gasteiger charge is 2.46. The third-order valence-electron chi connectivity index (χ3n) is 7.32. The molecule has 0 bridgehead atoms. The second-order valence-electron chi connectivity index (χ2n) is 10.7. The van der Waals surface area contributed by atoms with Gasteiger partial charge in [0.2, 0.25) is 0 Å². The van der Waals surface area contributed by atoms with Crippen molar-refractivity contribution in [2.24, 2.45) is 0 Å². The molecule has 1 saturated heterocycles. The first-order valence-electron chi connectivity index (χ1n) is 13.1. The van der Waals surface area contributed by atoms with Gasteiger partial charge >= 0.3 is 6.03 Å². The molecule has 42 heavy (non-hydrogen) atoms. The van der Waals surface area contributed by atoms with Gasteiger partial charge in [-0.1, -0.05) is 12.1 Å². The predicted molar refractivity (Wildman–Crippen MR) is 152 cm³/mol. The van der Waals surface area contributed by atoms with Crippen LogP contribution in [0.1, 0.15) is 40.9 Å². The molecule has 3 amide bonds. The lowest BCUT2D eigenvalue weighted by molar-refractivity contribution is -0.121. The second-order valence-corrected chi connectivity index (χ2v) is 10.7. The van der Waals surface area contributed by atoms with Gasteiger partial charge in [0.1, 0.15) is 22.9 Å². The van der Waals surface area contributed by atoms with Gasteiger partial charge < -0.3 is 15.8 Å². The number of aryl methyl sites for hydroxylation is 1. The van der Waals surface area contributed by atoms with Crippen LogP contribution in [0.3, 0.4) is 0 Å². The molecule has 212 valence electrons. The number of hydrogen-bond donors (Lipinski definition) is 2. The zero-order chi connectivity index (χ0) is 29.9. The average molecular weight is 570 g/mol. The predicted octanol–water partition coefficient (Wildman–Crippen LogP) is 5.49. The normalized spacial score (nSPS) is 15.5. The Labute approximate surface area is 239 Å². The summed E-state index contributed by atoms with van der Waals surface area (Å²) in [5.74, 6) is -1.59. The number of anilines is 2. The minimum absolute atomic E-state index is 0.0908. The van der Waals surface area contributed by atoms with Crippen LogP contribution >= 0.6 is 0 Å². The van der Waals surface area contributed by atoms with Gasteiger partial charge in [-0.3, -0.25) is 9.59 Å². The third-order valence-corrected chi connectivity index (χ3v) is 7.32. The van der Waals surface area contributed by atoms with E-state index >= 15 is 4.39 Å². The number of nitrogens with one attached hydrogen (secondary N) is 1. The SMILES string of the molecule is Cc1cc(Oc2ccccc2F)ccc1-n1ncc(C(=O)C2=Cc3cc(F)c(N4C(=O)NC(C)(C)C4=O)cc3C2)c1N. The van der Waals surface area contributed by atoms with Crippen LogP contribution in [0.4, 0.5) is 25.1 Å². The maximum atomic E-state index is 15.1. The number of nitrogens with zero attached hydrogens (tertiary/aromatic N) is 3. The molecule has 1 aliphatic carbocycles. The van der Waals surface area contributed by atoms with Crippen LogP contribution in [0.25, 0.3) is 11.8 Å². The molecule has 0 radical (unpaired) electrons. The summed E-state index contributed by atoms with van der Waals surface area (Å²) in [4.78, 5) is 39.4. The third kappa shape index (κ3) is 4.39. The fourth-order valence-corrected chi connectivity index (χ4v) is 5.12. The Bertz CT molecular complexity index is 1860. The first kappa shape index (κ1) is 26.9. The van der Waals surface area contributed by atoms with Crippen LogP contribution in [-0.2, 0) is 11.2 Å². The van der Waals surface area contributed by atoms with Crippen molar-refractivity contribution in [3.05, 3.63) is 100 Å². The Morgan fingerprint density at radius 1 is 1.05 bits per heavy atom. The number of halogens is 2. The van der Waals surface area contributed by atoms with Gasteiger partial charge in [-0.2, -0.15) is 5.10 Å². The number of rotatable bonds is 6. The molecule has 0 saturated carbocycles. The first-order valence-corrected chi connectivity index (χ1v) is 13.1. The van der Waals surface area contributed by atoms with Crippen molar-refractivity contribution < 1.29 is 27.9 Å². The molecule has 9 nitrogen and oxygen atoms in total. The van der Waals surface area contributed by atoms with Gasteiger partial charge in [0.25, 0.3) is 5.91 Å². The molecule has 11 heteroatoms. The molecule has 4 aromatic rings. The van der Waals surface area contributed by atoms with Crippen LogP contribution in [0.15, 0.2) is 66.4 Å². The number of ketones is 1. The number of amides is 3. The number of imide groups is 1. The van der Waals surface area contributed by atoms with E-state index in [-0.39, 0.29) is 35.0 Å². The molecule has 0 unspecified atom stereocenters. The molecule has 1 aromatic heterocycles. The zero-order valence-corrected chi connectivity index (χ0v) is 22.9. The number of urea groups is 1. The highest BCUT2D eigenvalue weighted by atomic mass is 19.1. The second kappa shape index (κ2) is 9.65. The zero-order valence-electron chi connectivity index (χ0n) is 22.9. The van der Waals surface area contributed by atoms with Crippen molar-refractivity contribution in [1.82, 2.24) is 15.1 Å². The number of para-hydroxylation sites is 1. The standard InChI is InChI=1S/C31H25F2N5O4/c1-16-10-20(42-26-7-5-4-6-22(26)32)8-9-24(16)38-28(34)21(15-35-38)27(39)19-11-17-13-23(33)25(14-18(17)12-19)37-29(40)31(2,3)36-30(37)41/h4-11,13-15H,12,34H2,1-3H3,(H,36,41). The van der Waals surface area contributed by atoms with Gasteiger partial charge in [0.05, 0.1) is 23.1 Å². The average Bonchev–Trinajstić information content (AvgIpc) is 3.58. The summed E-state index contributed by atoms with van der Waals surface area (Å²) in [6.45, 7) is 4.88. The highest BCUT2D eigenvalue weighted by Crippen LogP contribution is 2.36. The van der Waals surface area contributed by atoms with Crippen molar-refractivity contribution >= 4 is 35.3 Å². The molecule has 6 rings (SSSR count). The molecule has 3 N–H and O–H groups in total. The van der Waals surface area contributed by atoms with Crippen LogP contribution < -0.4 is 20.7 Å². The van der Waals surface area contributed by atoms with Crippen molar-refractivity contribution in [2.75, 3.05) is 10.6 Å². The number of fused-ring (bicyclic) bond motifs is 1. The summed E-state index contributed by atoms with van der Waals surface area (Å²) < 4.78 is 36.1. The molecule has 1 aliphatic heterocycles. The lowest BCUT2D eigenvalue weighted by Gasteiger charge is -2.17. The van der Waals surface area contributed by atoms with E-state index < -0.39 is 29.1 Å². The topological polar surface area (TPSA) is 120 Å². The lowest BCUT2D eigenvalue weighted by Crippen LogP contribution is -2.40. The Balaban J connectivity index is 1.23. The molecule has 2 heterocycles. The van der Waals surface area contributed by atoms with E-state index in [1.165, 1.54) is 49.0 Å². The van der Waals surface area contributed by atoms with Crippen molar-refractivity contribution in [1.29, 1.82) is 0 Å². The highest BCUT2D eigenvalue weighted by molar-refractivity contribution is 6.23. The van der Waals surface area contributed by atoms with E-state index in [0.717, 1.165) is 10.5 Å². The fourth-order valence-electron chi connectivity index (χ4n) is 5.12. The Hall–Kier alpha value is -5.32. The van der Waals surface area contributed by atoms with Gasteiger partial charge in [-0.15, -0.1) is 0 Å². The fraction of sp³-hybridized carbons (Fsp3) is 0.161. The van der Waals surface area contributed by atoms with E-state index in [1.807, 2.05) is 0 Å². The molecule has 2 aliphatic rings. The molecular weight excluding hydrogens is 544 g/mol. The van der Waals surface area contributed by atoms with E-state index in [0.29, 0.717) is 28.1 Å². The number of ether oxygens (including phenoxy) is 1. The molecular formula is C31H25F2N5O4. The quantitative estimate of drug-likeness (QED) is 0.234. The summed E-state index contributed by atoms with van der Waals surface area (Å²) in [7, 11) is 0. The minimum Gasteiger partial charge on any atom is -0.454 e. The van der Waals surface area contributed by atoms with Crippen molar-refractivity contribution in [3.8, 4) is 17.2 Å². The smallest absolute Gasteiger partial charge is 0.329 e. The number of carbonyl (C=O) groups is 3. The summed E-state index contributed by atoms with van der Waals surface area (Å²) >= 11 is 0. The first-order chi connectivity index (χ1) is 19.9. The Morgan fingerprint density at radius 3 is 2.50 bits per heavy atom. The Kier molecular flexibility index (Phi) is 6.18. The molecule has 1 fully saturated rings. The van der Waals surface area contributed by atoms with E-state index in [2.05, 4.69) is 10.4 Å². The number of nitrogen functional groups attached to an aromatic ring is 1. The summed E-state index contributed by atoms with van der Waals surface area (Å²) in [6.07, 6.45) is 3.09. The molecule has 0 atom stereocenters. The maximum Gasteiger partial charge on any atom is 0.329 e. The largest absolute Gasteiger partial charge is 0.454 e. The van der Waals surface area contributed by atoms with Crippen LogP contribution in [0.2, 0.25) is 0 Å². The number of allylic oxidation sites excluding steroid dienone is 1. The van der Waals surface area contributed by atoms with Gasteiger partial charge in [-0.25, -0.2) is 23.2 Å². The van der Waals surface area contributed by atoms with Crippen LogP contribution in [-0.4, -0.2) is 33.0 Å². The number of benzene rings is 3. The minimum atomic E-state index is -1.16. The molecule has 0 spiro atoms. The van der Waals surface area contributed by atoms with Gasteiger partial charge in [0, 0.05) is 12.0 Å². The van der Waals surface area contributed by atoms with Crippen molar-refractivity contribution in [3.63, 3.8) is 0 Å². The summed E-state index contributed by atoms with van der Waals surface area (Å²) in [6, 6.07) is 13.0.